The number of ether oxygens (including phenoxy) is 1. The molecule has 0 spiro atoms. The Morgan fingerprint density at radius 1 is 1.33 bits per heavy atom. The standard InChI is InChI=1S/C25H28N6O2/c1-30(2)13-6-11-23(32)31-14-12-20(17-31)29-25-22-16-19(28-24(22)26-18-27-25)8-7-15-33-21-9-4-3-5-10-21/h3-6,9-11,16,18,20H,12-15,17H2,1-2H3,(H2,26,27,28,29)/b11-6+. The summed E-state index contributed by atoms with van der Waals surface area (Å²) in [7, 11) is 3.95. The van der Waals surface area contributed by atoms with Crippen LogP contribution in [-0.4, -0.2) is 77.0 Å². The average molecular weight is 445 g/mol. The predicted molar refractivity (Wildman–Crippen MR) is 129 cm³/mol. The summed E-state index contributed by atoms with van der Waals surface area (Å²) in [6.45, 7) is 2.41. The Hall–Kier alpha value is -3.83. The van der Waals surface area contributed by atoms with Crippen LogP contribution in [0.1, 0.15) is 12.1 Å². The number of hydrogen-bond donors (Lipinski definition) is 2. The number of rotatable bonds is 7. The van der Waals surface area contributed by atoms with Crippen molar-refractivity contribution < 1.29 is 9.53 Å². The molecule has 1 saturated heterocycles. The second-order valence-corrected chi connectivity index (χ2v) is 8.15. The van der Waals surface area contributed by atoms with Gasteiger partial charge in [0.1, 0.15) is 30.1 Å². The van der Waals surface area contributed by atoms with E-state index < -0.39 is 0 Å². The molecule has 1 amide bonds. The highest BCUT2D eigenvalue weighted by Gasteiger charge is 2.25. The fraction of sp³-hybridized carbons (Fsp3) is 0.320. The van der Waals surface area contributed by atoms with Crippen molar-refractivity contribution in [1.82, 2.24) is 24.8 Å². The number of H-pyrrole nitrogens is 1. The van der Waals surface area contributed by atoms with E-state index in [-0.39, 0.29) is 11.9 Å². The molecule has 0 saturated carbocycles. The Morgan fingerprint density at radius 2 is 2.18 bits per heavy atom. The summed E-state index contributed by atoms with van der Waals surface area (Å²) in [5.41, 5.74) is 1.47. The van der Waals surface area contributed by atoms with Crippen molar-refractivity contribution in [1.29, 1.82) is 0 Å². The van der Waals surface area contributed by atoms with Gasteiger partial charge >= 0.3 is 0 Å². The topological polar surface area (TPSA) is 86.4 Å². The number of benzene rings is 1. The maximum absolute atomic E-state index is 12.4. The summed E-state index contributed by atoms with van der Waals surface area (Å²) in [6.07, 6.45) is 5.94. The molecule has 1 aromatic carbocycles. The highest BCUT2D eigenvalue weighted by Crippen LogP contribution is 2.23. The molecule has 33 heavy (non-hydrogen) atoms. The number of likely N-dealkylation sites (tertiary alicyclic amines) is 1. The molecule has 1 fully saturated rings. The largest absolute Gasteiger partial charge is 0.481 e. The van der Waals surface area contributed by atoms with Gasteiger partial charge in [-0.1, -0.05) is 30.2 Å². The first-order valence-corrected chi connectivity index (χ1v) is 11.0. The Morgan fingerprint density at radius 3 is 3.00 bits per heavy atom. The first-order valence-electron chi connectivity index (χ1n) is 11.0. The molecule has 1 atom stereocenters. The van der Waals surface area contributed by atoms with Crippen LogP contribution >= 0.6 is 0 Å². The highest BCUT2D eigenvalue weighted by molar-refractivity contribution is 5.89. The van der Waals surface area contributed by atoms with Gasteiger partial charge in [0.2, 0.25) is 5.91 Å². The molecule has 0 radical (unpaired) electrons. The quantitative estimate of drug-likeness (QED) is 0.430. The van der Waals surface area contributed by atoms with E-state index in [0.29, 0.717) is 13.2 Å². The number of aromatic nitrogens is 3. The van der Waals surface area contributed by atoms with Gasteiger partial charge in [0, 0.05) is 31.8 Å². The summed E-state index contributed by atoms with van der Waals surface area (Å²) in [5, 5.41) is 4.35. The van der Waals surface area contributed by atoms with Crippen molar-refractivity contribution in [2.24, 2.45) is 0 Å². The second-order valence-electron chi connectivity index (χ2n) is 8.15. The molecule has 2 aromatic heterocycles. The van der Waals surface area contributed by atoms with E-state index in [1.54, 1.807) is 6.08 Å². The minimum Gasteiger partial charge on any atom is -0.481 e. The first kappa shape index (κ1) is 22.4. The molecule has 8 heteroatoms. The number of nitrogens with one attached hydrogen (secondary N) is 2. The summed E-state index contributed by atoms with van der Waals surface area (Å²) in [6, 6.07) is 11.7. The maximum atomic E-state index is 12.4. The van der Waals surface area contributed by atoms with Crippen LogP contribution < -0.4 is 10.1 Å². The number of para-hydroxylation sites is 1. The molecule has 3 heterocycles. The highest BCUT2D eigenvalue weighted by atomic mass is 16.5. The van der Waals surface area contributed by atoms with Crippen LogP contribution in [0.2, 0.25) is 0 Å². The van der Waals surface area contributed by atoms with Gasteiger partial charge in [-0.25, -0.2) is 9.97 Å². The van der Waals surface area contributed by atoms with E-state index in [1.165, 1.54) is 6.33 Å². The van der Waals surface area contributed by atoms with Crippen molar-refractivity contribution in [3.8, 4) is 17.6 Å². The lowest BCUT2D eigenvalue weighted by molar-refractivity contribution is -0.125. The van der Waals surface area contributed by atoms with Crippen LogP contribution in [0.25, 0.3) is 11.0 Å². The molecule has 0 bridgehead atoms. The third kappa shape index (κ3) is 6.11. The van der Waals surface area contributed by atoms with Gasteiger partial charge in [-0.3, -0.25) is 4.79 Å². The molecule has 2 N–H and O–H groups in total. The molecular weight excluding hydrogens is 416 g/mol. The number of carbonyl (C=O) groups is 1. The molecule has 0 aliphatic carbocycles. The Balaban J connectivity index is 1.36. The lowest BCUT2D eigenvalue weighted by atomic mass is 10.2. The van der Waals surface area contributed by atoms with Gasteiger partial charge < -0.3 is 24.8 Å². The van der Waals surface area contributed by atoms with Gasteiger partial charge in [0.05, 0.1) is 11.1 Å². The van der Waals surface area contributed by atoms with Crippen LogP contribution in [0.4, 0.5) is 5.82 Å². The third-order valence-corrected chi connectivity index (χ3v) is 5.27. The fourth-order valence-corrected chi connectivity index (χ4v) is 3.63. The molecular formula is C25H28N6O2. The van der Waals surface area contributed by atoms with Gasteiger partial charge in [0.15, 0.2) is 0 Å². The van der Waals surface area contributed by atoms with E-state index in [4.69, 9.17) is 4.74 Å². The normalized spacial score (nSPS) is 15.7. The maximum Gasteiger partial charge on any atom is 0.246 e. The number of aromatic amines is 1. The van der Waals surface area contributed by atoms with E-state index in [2.05, 4.69) is 32.1 Å². The summed E-state index contributed by atoms with van der Waals surface area (Å²) in [5.74, 6) is 7.68. The van der Waals surface area contributed by atoms with Crippen molar-refractivity contribution in [2.75, 3.05) is 45.7 Å². The predicted octanol–water partition coefficient (Wildman–Crippen LogP) is 2.52. The minimum absolute atomic E-state index is 0.0471. The van der Waals surface area contributed by atoms with Crippen LogP contribution in [0.5, 0.6) is 5.75 Å². The third-order valence-electron chi connectivity index (χ3n) is 5.27. The number of nitrogens with zero attached hydrogens (tertiary/aromatic N) is 4. The smallest absolute Gasteiger partial charge is 0.246 e. The van der Waals surface area contributed by atoms with Crippen LogP contribution in [0.15, 0.2) is 54.9 Å². The van der Waals surface area contributed by atoms with Gasteiger partial charge in [-0.2, -0.15) is 0 Å². The molecule has 4 rings (SSSR count). The van der Waals surface area contributed by atoms with Crippen LogP contribution in [0, 0.1) is 11.8 Å². The molecule has 1 unspecified atom stereocenters. The molecule has 170 valence electrons. The Kier molecular flexibility index (Phi) is 7.22. The van der Waals surface area contributed by atoms with Gasteiger partial charge in [-0.05, 0) is 44.6 Å². The van der Waals surface area contributed by atoms with Crippen molar-refractivity contribution in [2.45, 2.75) is 12.5 Å². The summed E-state index contributed by atoms with van der Waals surface area (Å²) in [4.78, 5) is 28.2. The molecule has 3 aromatic rings. The SMILES string of the molecule is CN(C)C/C=C/C(=O)N1CCC(Nc2ncnc3[nH]c(C#CCOc4ccccc4)cc23)C1. The summed E-state index contributed by atoms with van der Waals surface area (Å²) >= 11 is 0. The van der Waals surface area contributed by atoms with E-state index >= 15 is 0 Å². The zero-order valence-electron chi connectivity index (χ0n) is 18.9. The lowest BCUT2D eigenvalue weighted by Crippen LogP contribution is -2.30. The van der Waals surface area contributed by atoms with Crippen molar-refractivity contribution in [3.05, 3.63) is 60.6 Å². The molecule has 1 aliphatic heterocycles. The Labute approximate surface area is 193 Å². The van der Waals surface area contributed by atoms with Crippen molar-refractivity contribution in [3.63, 3.8) is 0 Å². The molecule has 8 nitrogen and oxygen atoms in total. The number of amides is 1. The Bertz CT molecular complexity index is 1180. The zero-order chi connectivity index (χ0) is 23.0. The zero-order valence-corrected chi connectivity index (χ0v) is 18.9. The number of anilines is 1. The van der Waals surface area contributed by atoms with E-state index in [0.717, 1.165) is 47.8 Å². The van der Waals surface area contributed by atoms with Gasteiger partial charge in [0.25, 0.3) is 0 Å². The van der Waals surface area contributed by atoms with Crippen LogP contribution in [0.3, 0.4) is 0 Å². The average Bonchev–Trinajstić information content (AvgIpc) is 3.45. The van der Waals surface area contributed by atoms with E-state index in [1.807, 2.05) is 66.4 Å². The van der Waals surface area contributed by atoms with Gasteiger partial charge in [-0.15, -0.1) is 0 Å². The van der Waals surface area contributed by atoms with E-state index in [9.17, 15) is 4.79 Å². The number of hydrogen-bond acceptors (Lipinski definition) is 6. The minimum atomic E-state index is 0.0471. The second kappa shape index (κ2) is 10.7. The number of fused-ring (bicyclic) bond motifs is 1. The lowest BCUT2D eigenvalue weighted by Gasteiger charge is -2.16. The monoisotopic (exact) mass is 444 g/mol. The fourth-order valence-electron chi connectivity index (χ4n) is 3.63. The molecule has 1 aliphatic rings. The van der Waals surface area contributed by atoms with Crippen molar-refractivity contribution >= 4 is 22.8 Å². The van der Waals surface area contributed by atoms with Crippen LogP contribution in [-0.2, 0) is 4.79 Å². The number of carbonyl (C=O) groups excluding carboxylic acids is 1. The first-order chi connectivity index (χ1) is 16.1. The summed E-state index contributed by atoms with van der Waals surface area (Å²) < 4.78 is 5.61. The number of likely N-dealkylation sites (N-methyl/N-ethyl adjacent to an activating group) is 1.